The average molecular weight is 250 g/mol. The summed E-state index contributed by atoms with van der Waals surface area (Å²) in [7, 11) is 0. The van der Waals surface area contributed by atoms with Gasteiger partial charge >= 0.3 is 0 Å². The smallest absolute Gasteiger partial charge is 0.221 e. The summed E-state index contributed by atoms with van der Waals surface area (Å²) in [4.78, 5) is 12.1. The van der Waals surface area contributed by atoms with E-state index in [2.05, 4.69) is 22.8 Å². The number of anilines is 1. The van der Waals surface area contributed by atoms with E-state index in [0.717, 1.165) is 18.0 Å². The minimum atomic E-state index is -0.0273. The molecule has 0 bridgehead atoms. The normalized spacial score (nSPS) is 19.2. The molecule has 17 heavy (non-hydrogen) atoms. The first kappa shape index (κ1) is 12.5. The van der Waals surface area contributed by atoms with Gasteiger partial charge in [-0.1, -0.05) is 0 Å². The number of carbonyl (C=O) groups is 1. The van der Waals surface area contributed by atoms with Crippen LogP contribution in [0.4, 0.5) is 5.69 Å². The van der Waals surface area contributed by atoms with Gasteiger partial charge in [0.2, 0.25) is 5.91 Å². The third-order valence-corrected chi connectivity index (χ3v) is 3.96. The van der Waals surface area contributed by atoms with E-state index in [-0.39, 0.29) is 5.91 Å². The SMILES string of the molecule is CC(=O)Nc1ccc(SCC2CCCN2)cc1. The number of thioether (sulfide) groups is 1. The highest BCUT2D eigenvalue weighted by Gasteiger charge is 2.13. The van der Waals surface area contributed by atoms with Gasteiger partial charge in [0, 0.05) is 29.3 Å². The highest BCUT2D eigenvalue weighted by molar-refractivity contribution is 7.99. The van der Waals surface area contributed by atoms with Crippen LogP contribution in [0, 0.1) is 0 Å². The average Bonchev–Trinajstić information content (AvgIpc) is 2.80. The standard InChI is InChI=1S/C13H18N2OS/c1-10(16)15-11-4-6-13(7-5-11)17-9-12-3-2-8-14-12/h4-7,12,14H,2-3,8-9H2,1H3,(H,15,16). The van der Waals surface area contributed by atoms with Gasteiger partial charge in [-0.15, -0.1) is 11.8 Å². The molecular formula is C13H18N2OS. The molecule has 1 heterocycles. The fourth-order valence-electron chi connectivity index (χ4n) is 1.93. The van der Waals surface area contributed by atoms with Gasteiger partial charge in [0.1, 0.15) is 0 Å². The Bertz CT molecular complexity index is 372. The van der Waals surface area contributed by atoms with Crippen LogP contribution in [0.1, 0.15) is 19.8 Å². The maximum Gasteiger partial charge on any atom is 0.221 e. The first-order valence-corrected chi connectivity index (χ1v) is 6.96. The van der Waals surface area contributed by atoms with Gasteiger partial charge in [0.15, 0.2) is 0 Å². The molecule has 2 N–H and O–H groups in total. The number of hydrogen-bond donors (Lipinski definition) is 2. The molecule has 1 amide bonds. The second-order valence-corrected chi connectivity index (χ2v) is 5.40. The van der Waals surface area contributed by atoms with Crippen LogP contribution in [0.5, 0.6) is 0 Å². The van der Waals surface area contributed by atoms with Crippen molar-refractivity contribution in [2.45, 2.75) is 30.7 Å². The van der Waals surface area contributed by atoms with Crippen molar-refractivity contribution < 1.29 is 4.79 Å². The van der Waals surface area contributed by atoms with E-state index in [1.807, 2.05) is 23.9 Å². The van der Waals surface area contributed by atoms with Gasteiger partial charge in [0.25, 0.3) is 0 Å². The van der Waals surface area contributed by atoms with Crippen LogP contribution in [0.3, 0.4) is 0 Å². The second-order valence-electron chi connectivity index (χ2n) is 4.31. The number of carbonyl (C=O) groups excluding carboxylic acids is 1. The zero-order chi connectivity index (χ0) is 12.1. The van der Waals surface area contributed by atoms with Crippen LogP contribution in [0.2, 0.25) is 0 Å². The van der Waals surface area contributed by atoms with Crippen molar-refractivity contribution in [3.63, 3.8) is 0 Å². The monoisotopic (exact) mass is 250 g/mol. The molecular weight excluding hydrogens is 232 g/mol. The van der Waals surface area contributed by atoms with Gasteiger partial charge in [-0.2, -0.15) is 0 Å². The lowest BCUT2D eigenvalue weighted by atomic mass is 10.3. The summed E-state index contributed by atoms with van der Waals surface area (Å²) in [5.41, 5.74) is 0.862. The topological polar surface area (TPSA) is 41.1 Å². The van der Waals surface area contributed by atoms with E-state index in [9.17, 15) is 4.79 Å². The first-order chi connectivity index (χ1) is 8.24. The van der Waals surface area contributed by atoms with Crippen molar-refractivity contribution in [2.75, 3.05) is 17.6 Å². The summed E-state index contributed by atoms with van der Waals surface area (Å²) in [6.07, 6.45) is 2.59. The van der Waals surface area contributed by atoms with Gasteiger partial charge in [-0.3, -0.25) is 4.79 Å². The predicted molar refractivity (Wildman–Crippen MR) is 72.5 cm³/mol. The summed E-state index contributed by atoms with van der Waals surface area (Å²) in [5, 5.41) is 6.26. The molecule has 0 spiro atoms. The lowest BCUT2D eigenvalue weighted by molar-refractivity contribution is -0.114. The fraction of sp³-hybridized carbons (Fsp3) is 0.462. The van der Waals surface area contributed by atoms with E-state index in [1.54, 1.807) is 0 Å². The first-order valence-electron chi connectivity index (χ1n) is 5.98. The van der Waals surface area contributed by atoms with Gasteiger partial charge in [-0.05, 0) is 43.7 Å². The molecule has 1 unspecified atom stereocenters. The van der Waals surface area contributed by atoms with Crippen LogP contribution < -0.4 is 10.6 Å². The molecule has 1 fully saturated rings. The molecule has 1 aliphatic rings. The largest absolute Gasteiger partial charge is 0.326 e. The Morgan fingerprint density at radius 2 is 2.24 bits per heavy atom. The van der Waals surface area contributed by atoms with Crippen molar-refractivity contribution >= 4 is 23.4 Å². The van der Waals surface area contributed by atoms with Crippen LogP contribution in [-0.2, 0) is 4.79 Å². The summed E-state index contributed by atoms with van der Waals surface area (Å²) in [5.74, 6) is 1.10. The third kappa shape index (κ3) is 4.06. The molecule has 4 heteroatoms. The Kier molecular flexibility index (Phi) is 4.45. The Balaban J connectivity index is 1.82. The van der Waals surface area contributed by atoms with Crippen LogP contribution in [0.15, 0.2) is 29.2 Å². The molecule has 1 aliphatic heterocycles. The number of rotatable bonds is 4. The molecule has 92 valence electrons. The Morgan fingerprint density at radius 1 is 1.47 bits per heavy atom. The lowest BCUT2D eigenvalue weighted by Crippen LogP contribution is -2.23. The minimum Gasteiger partial charge on any atom is -0.326 e. The van der Waals surface area contributed by atoms with E-state index in [4.69, 9.17) is 0 Å². The molecule has 1 atom stereocenters. The van der Waals surface area contributed by atoms with Crippen LogP contribution in [-0.4, -0.2) is 24.2 Å². The molecule has 0 aromatic heterocycles. The molecule has 1 aromatic rings. The Morgan fingerprint density at radius 3 is 2.82 bits per heavy atom. The van der Waals surface area contributed by atoms with Crippen molar-refractivity contribution in [1.82, 2.24) is 5.32 Å². The van der Waals surface area contributed by atoms with E-state index < -0.39 is 0 Å². The minimum absolute atomic E-state index is 0.0273. The molecule has 1 saturated heterocycles. The molecule has 3 nitrogen and oxygen atoms in total. The molecule has 0 aliphatic carbocycles. The maximum absolute atomic E-state index is 10.9. The zero-order valence-electron chi connectivity index (χ0n) is 10.0. The quantitative estimate of drug-likeness (QED) is 0.807. The molecule has 2 rings (SSSR count). The van der Waals surface area contributed by atoms with Gasteiger partial charge < -0.3 is 10.6 Å². The maximum atomic E-state index is 10.9. The molecule has 0 radical (unpaired) electrons. The van der Waals surface area contributed by atoms with Crippen molar-refractivity contribution in [3.05, 3.63) is 24.3 Å². The number of nitrogens with one attached hydrogen (secondary N) is 2. The number of amides is 1. The summed E-state index contributed by atoms with van der Waals surface area (Å²) in [6.45, 7) is 2.68. The van der Waals surface area contributed by atoms with E-state index in [1.165, 1.54) is 24.7 Å². The Labute approximate surface area is 106 Å². The summed E-state index contributed by atoms with van der Waals surface area (Å²) >= 11 is 1.87. The third-order valence-electron chi connectivity index (χ3n) is 2.79. The predicted octanol–water partition coefficient (Wildman–Crippen LogP) is 2.49. The van der Waals surface area contributed by atoms with Crippen molar-refractivity contribution in [2.24, 2.45) is 0 Å². The van der Waals surface area contributed by atoms with E-state index in [0.29, 0.717) is 6.04 Å². The molecule has 0 saturated carbocycles. The van der Waals surface area contributed by atoms with Crippen LogP contribution in [0.25, 0.3) is 0 Å². The Hall–Kier alpha value is -1.00. The van der Waals surface area contributed by atoms with Gasteiger partial charge in [-0.25, -0.2) is 0 Å². The van der Waals surface area contributed by atoms with Crippen molar-refractivity contribution in [1.29, 1.82) is 0 Å². The van der Waals surface area contributed by atoms with Crippen LogP contribution >= 0.6 is 11.8 Å². The second kappa shape index (κ2) is 6.07. The van der Waals surface area contributed by atoms with E-state index >= 15 is 0 Å². The highest BCUT2D eigenvalue weighted by Crippen LogP contribution is 2.23. The highest BCUT2D eigenvalue weighted by atomic mass is 32.2. The number of benzene rings is 1. The summed E-state index contributed by atoms with van der Waals surface area (Å²) < 4.78 is 0. The van der Waals surface area contributed by atoms with Crippen molar-refractivity contribution in [3.8, 4) is 0 Å². The zero-order valence-corrected chi connectivity index (χ0v) is 10.8. The lowest BCUT2D eigenvalue weighted by Gasteiger charge is -2.09. The number of hydrogen-bond acceptors (Lipinski definition) is 3. The van der Waals surface area contributed by atoms with Gasteiger partial charge in [0.05, 0.1) is 0 Å². The molecule has 1 aromatic carbocycles. The summed E-state index contributed by atoms with van der Waals surface area (Å²) in [6, 6.07) is 8.68. The fourth-order valence-corrected chi connectivity index (χ4v) is 2.94.